The van der Waals surface area contributed by atoms with E-state index < -0.39 is 8.32 Å². The number of carbonyl (C=O) groups is 1. The Morgan fingerprint density at radius 3 is 2.43 bits per heavy atom. The van der Waals surface area contributed by atoms with Gasteiger partial charge in [-0.1, -0.05) is 33.3 Å². The fourth-order valence-corrected chi connectivity index (χ4v) is 4.59. The molecule has 0 saturated heterocycles. The number of ketones is 1. The average Bonchev–Trinajstić information content (AvgIpc) is 2.65. The van der Waals surface area contributed by atoms with Crippen LogP contribution in [-0.4, -0.2) is 20.7 Å². The molecular formula is C18H32O2Si. The summed E-state index contributed by atoms with van der Waals surface area (Å²) in [5.41, 5.74) is 2.49. The third-order valence-corrected chi connectivity index (χ3v) is 10.7. The predicted molar refractivity (Wildman–Crippen MR) is 90.9 cm³/mol. The van der Waals surface area contributed by atoms with Gasteiger partial charge in [0, 0.05) is 18.9 Å². The lowest BCUT2D eigenvalue weighted by molar-refractivity contribution is -0.115. The molecule has 3 atom stereocenters. The summed E-state index contributed by atoms with van der Waals surface area (Å²) in [6.45, 7) is 16.7. The van der Waals surface area contributed by atoms with E-state index in [-0.39, 0.29) is 5.04 Å². The molecule has 0 aromatic carbocycles. The van der Waals surface area contributed by atoms with Crippen LogP contribution in [0.4, 0.5) is 0 Å². The van der Waals surface area contributed by atoms with Gasteiger partial charge in [-0.05, 0) is 55.3 Å². The van der Waals surface area contributed by atoms with Crippen molar-refractivity contribution >= 4 is 14.1 Å². The summed E-state index contributed by atoms with van der Waals surface area (Å²) in [5.74, 6) is 2.01. The van der Waals surface area contributed by atoms with Crippen molar-refractivity contribution in [2.45, 2.75) is 72.0 Å². The number of carbonyl (C=O) groups excluding carboxylic acids is 1. The molecule has 0 amide bonds. The van der Waals surface area contributed by atoms with Crippen LogP contribution in [0.5, 0.6) is 0 Å². The van der Waals surface area contributed by atoms with E-state index in [0.29, 0.717) is 23.5 Å². The maximum absolute atomic E-state index is 12.1. The predicted octanol–water partition coefficient (Wildman–Crippen LogP) is 4.96. The summed E-state index contributed by atoms with van der Waals surface area (Å²) < 4.78 is 6.45. The van der Waals surface area contributed by atoms with E-state index in [1.165, 1.54) is 18.4 Å². The lowest BCUT2D eigenvalue weighted by Gasteiger charge is -2.40. The highest BCUT2D eigenvalue weighted by Gasteiger charge is 2.42. The molecule has 3 heteroatoms. The molecule has 120 valence electrons. The first-order chi connectivity index (χ1) is 9.54. The number of rotatable bonds is 3. The number of hydrogen-bond donors (Lipinski definition) is 0. The highest BCUT2D eigenvalue weighted by molar-refractivity contribution is 6.74. The smallest absolute Gasteiger partial charge is 0.192 e. The summed E-state index contributed by atoms with van der Waals surface area (Å²) in [7, 11) is -1.70. The lowest BCUT2D eigenvalue weighted by Crippen LogP contribution is -2.42. The van der Waals surface area contributed by atoms with Gasteiger partial charge >= 0.3 is 0 Å². The summed E-state index contributed by atoms with van der Waals surface area (Å²) in [6.07, 6.45) is 3.17. The van der Waals surface area contributed by atoms with Gasteiger partial charge < -0.3 is 4.43 Å². The second-order valence-electron chi connectivity index (χ2n) is 8.64. The number of fused-ring (bicyclic) bond motifs is 1. The Morgan fingerprint density at radius 2 is 1.86 bits per heavy atom. The second kappa shape index (κ2) is 5.66. The molecule has 2 aliphatic carbocycles. The van der Waals surface area contributed by atoms with E-state index in [1.54, 1.807) is 0 Å². The zero-order chi connectivity index (χ0) is 16.0. The molecule has 0 aliphatic heterocycles. The third-order valence-electron chi connectivity index (χ3n) is 6.20. The van der Waals surface area contributed by atoms with Crippen molar-refractivity contribution in [1.29, 1.82) is 0 Å². The quantitative estimate of drug-likeness (QED) is 0.689. The third kappa shape index (κ3) is 3.19. The van der Waals surface area contributed by atoms with Gasteiger partial charge in [0.2, 0.25) is 0 Å². The van der Waals surface area contributed by atoms with Gasteiger partial charge in [-0.2, -0.15) is 0 Å². The number of hydrogen-bond acceptors (Lipinski definition) is 2. The van der Waals surface area contributed by atoms with Crippen LogP contribution in [0.1, 0.15) is 53.9 Å². The van der Waals surface area contributed by atoms with E-state index in [4.69, 9.17) is 4.43 Å². The van der Waals surface area contributed by atoms with Gasteiger partial charge in [0.15, 0.2) is 14.1 Å². The minimum absolute atomic E-state index is 0.253. The van der Waals surface area contributed by atoms with Crippen LogP contribution < -0.4 is 0 Å². The van der Waals surface area contributed by atoms with Gasteiger partial charge in [-0.15, -0.1) is 0 Å². The molecule has 0 N–H and O–H groups in total. The van der Waals surface area contributed by atoms with Crippen molar-refractivity contribution in [3.8, 4) is 0 Å². The Kier molecular flexibility index (Phi) is 4.57. The van der Waals surface area contributed by atoms with Crippen molar-refractivity contribution in [2.24, 2.45) is 17.8 Å². The van der Waals surface area contributed by atoms with Crippen molar-refractivity contribution in [3.05, 3.63) is 11.1 Å². The molecule has 1 fully saturated rings. The van der Waals surface area contributed by atoms with Gasteiger partial charge in [-0.25, -0.2) is 0 Å². The second-order valence-corrected chi connectivity index (χ2v) is 13.4. The molecular weight excluding hydrogens is 276 g/mol. The van der Waals surface area contributed by atoms with E-state index >= 15 is 0 Å². The maximum Gasteiger partial charge on any atom is 0.192 e. The van der Waals surface area contributed by atoms with Crippen molar-refractivity contribution in [3.63, 3.8) is 0 Å². The molecule has 0 aromatic heterocycles. The number of allylic oxidation sites excluding steroid dienone is 1. The van der Waals surface area contributed by atoms with Crippen LogP contribution in [0.15, 0.2) is 11.1 Å². The largest absolute Gasteiger partial charge is 0.416 e. The van der Waals surface area contributed by atoms with Crippen LogP contribution >= 0.6 is 0 Å². The zero-order valence-electron chi connectivity index (χ0n) is 14.9. The molecule has 0 unspecified atom stereocenters. The molecule has 21 heavy (non-hydrogen) atoms. The Balaban J connectivity index is 2.12. The fourth-order valence-electron chi connectivity index (χ4n) is 3.54. The van der Waals surface area contributed by atoms with Crippen molar-refractivity contribution in [2.75, 3.05) is 6.61 Å². The van der Waals surface area contributed by atoms with Gasteiger partial charge in [-0.3, -0.25) is 4.79 Å². The van der Waals surface area contributed by atoms with Crippen molar-refractivity contribution in [1.82, 2.24) is 0 Å². The summed E-state index contributed by atoms with van der Waals surface area (Å²) in [4.78, 5) is 12.1. The summed E-state index contributed by atoms with van der Waals surface area (Å²) in [5, 5.41) is 0.253. The SMILES string of the molecule is CC1=C2[C@H](CO[Si](C)(C)C(C)(C)C)CC[C@@H](C)[C@@H]2CC1=O. The highest BCUT2D eigenvalue weighted by Crippen LogP contribution is 2.47. The standard InChI is InChI=1S/C18H32O2Si/c1-12-8-9-14(11-20-21(6,7)18(3,4)5)17-13(2)16(19)10-15(12)17/h12,14-15H,8-11H2,1-7H3/t12-,14+,15+/m1/s1. The van der Waals surface area contributed by atoms with Crippen LogP contribution in [0.3, 0.4) is 0 Å². The molecule has 2 nitrogen and oxygen atoms in total. The van der Waals surface area contributed by atoms with E-state index in [0.717, 1.165) is 18.6 Å². The monoisotopic (exact) mass is 308 g/mol. The Hall–Kier alpha value is -0.413. The average molecular weight is 309 g/mol. The molecule has 1 saturated carbocycles. The molecule has 0 spiro atoms. The first-order valence-corrected chi connectivity index (χ1v) is 11.3. The summed E-state index contributed by atoms with van der Waals surface area (Å²) in [6, 6.07) is 0. The molecule has 0 radical (unpaired) electrons. The van der Waals surface area contributed by atoms with E-state index in [2.05, 4.69) is 40.8 Å². The lowest BCUT2D eigenvalue weighted by atomic mass is 9.72. The normalized spacial score (nSPS) is 30.8. The Bertz CT molecular complexity index is 456. The Labute approximate surface area is 131 Å². The molecule has 0 heterocycles. The topological polar surface area (TPSA) is 26.3 Å². The molecule has 0 bridgehead atoms. The minimum atomic E-state index is -1.70. The summed E-state index contributed by atoms with van der Waals surface area (Å²) >= 11 is 0. The van der Waals surface area contributed by atoms with Gasteiger partial charge in [0.25, 0.3) is 0 Å². The Morgan fingerprint density at radius 1 is 1.24 bits per heavy atom. The van der Waals surface area contributed by atoms with Crippen LogP contribution in [-0.2, 0) is 9.22 Å². The molecule has 0 aromatic rings. The van der Waals surface area contributed by atoms with Crippen LogP contribution in [0.25, 0.3) is 0 Å². The van der Waals surface area contributed by atoms with E-state index in [9.17, 15) is 4.79 Å². The molecule has 2 rings (SSSR count). The zero-order valence-corrected chi connectivity index (χ0v) is 15.9. The van der Waals surface area contributed by atoms with Gasteiger partial charge in [0.05, 0.1) is 0 Å². The molecule has 2 aliphatic rings. The minimum Gasteiger partial charge on any atom is -0.416 e. The number of Topliss-reactive ketones (excluding diaryl/α,β-unsaturated/α-hetero) is 1. The van der Waals surface area contributed by atoms with Crippen molar-refractivity contribution < 1.29 is 9.22 Å². The van der Waals surface area contributed by atoms with Crippen LogP contribution in [0, 0.1) is 17.8 Å². The first-order valence-electron chi connectivity index (χ1n) is 8.42. The fraction of sp³-hybridized carbons (Fsp3) is 0.833. The van der Waals surface area contributed by atoms with Gasteiger partial charge in [0.1, 0.15) is 0 Å². The van der Waals surface area contributed by atoms with E-state index in [1.807, 2.05) is 6.92 Å². The maximum atomic E-state index is 12.1. The van der Waals surface area contributed by atoms with Crippen LogP contribution in [0.2, 0.25) is 18.1 Å². The first kappa shape index (κ1) is 16.9. The highest BCUT2D eigenvalue weighted by atomic mass is 28.4.